The highest BCUT2D eigenvalue weighted by molar-refractivity contribution is 6.10. The summed E-state index contributed by atoms with van der Waals surface area (Å²) in [7, 11) is 2.11. The van der Waals surface area contributed by atoms with E-state index in [-0.39, 0.29) is 18.2 Å². The highest BCUT2D eigenvalue weighted by Crippen LogP contribution is 2.23. The SMILES string of the molecule is CN1CCN(c2ccccc2C(=O)/C=C/c2ccc(/C=C/C(=O)NO)cc2)CC1.Cl. The summed E-state index contributed by atoms with van der Waals surface area (Å²) in [5.74, 6) is -0.610. The lowest BCUT2D eigenvalue weighted by Gasteiger charge is -2.34. The second-order valence-electron chi connectivity index (χ2n) is 6.98. The smallest absolute Gasteiger partial charge is 0.267 e. The zero-order chi connectivity index (χ0) is 20.6. The lowest BCUT2D eigenvalue weighted by molar-refractivity contribution is -0.124. The monoisotopic (exact) mass is 427 g/mol. The normalized spacial score (nSPS) is 14.7. The third kappa shape index (κ3) is 6.29. The van der Waals surface area contributed by atoms with Crippen molar-refractivity contribution in [3.05, 3.63) is 77.4 Å². The van der Waals surface area contributed by atoms with Crippen molar-refractivity contribution in [3.63, 3.8) is 0 Å². The molecule has 0 bridgehead atoms. The van der Waals surface area contributed by atoms with E-state index in [9.17, 15) is 9.59 Å². The van der Waals surface area contributed by atoms with Crippen LogP contribution in [0.1, 0.15) is 21.5 Å². The molecule has 1 aliphatic heterocycles. The van der Waals surface area contributed by atoms with Crippen LogP contribution in [-0.2, 0) is 4.79 Å². The van der Waals surface area contributed by atoms with Gasteiger partial charge in [-0.15, -0.1) is 12.4 Å². The minimum Gasteiger partial charge on any atom is -0.368 e. The molecule has 1 amide bonds. The number of hydroxylamine groups is 1. The number of hydrogen-bond donors (Lipinski definition) is 2. The van der Waals surface area contributed by atoms with Crippen LogP contribution in [0.3, 0.4) is 0 Å². The maximum atomic E-state index is 12.8. The number of allylic oxidation sites excluding steroid dienone is 1. The van der Waals surface area contributed by atoms with Gasteiger partial charge in [0.25, 0.3) is 5.91 Å². The van der Waals surface area contributed by atoms with Crippen LogP contribution in [0.25, 0.3) is 12.2 Å². The summed E-state index contributed by atoms with van der Waals surface area (Å²) in [6.07, 6.45) is 6.22. The fraction of sp³-hybridized carbons (Fsp3) is 0.217. The van der Waals surface area contributed by atoms with Gasteiger partial charge in [-0.25, -0.2) is 5.48 Å². The minimum absolute atomic E-state index is 0. The molecule has 2 aromatic carbocycles. The van der Waals surface area contributed by atoms with Gasteiger partial charge in [0.2, 0.25) is 0 Å². The summed E-state index contributed by atoms with van der Waals surface area (Å²) >= 11 is 0. The van der Waals surface area contributed by atoms with E-state index in [1.54, 1.807) is 23.7 Å². The molecule has 0 aromatic heterocycles. The van der Waals surface area contributed by atoms with Crippen LogP contribution < -0.4 is 10.4 Å². The van der Waals surface area contributed by atoms with Crippen LogP contribution in [-0.4, -0.2) is 55.0 Å². The number of piperazine rings is 1. The Bertz CT molecular complexity index is 918. The van der Waals surface area contributed by atoms with Gasteiger partial charge in [-0.1, -0.05) is 42.5 Å². The summed E-state index contributed by atoms with van der Waals surface area (Å²) < 4.78 is 0. The molecule has 0 atom stereocenters. The number of halogens is 1. The second kappa shape index (κ2) is 11.3. The van der Waals surface area contributed by atoms with E-state index >= 15 is 0 Å². The van der Waals surface area contributed by atoms with Crippen molar-refractivity contribution in [2.75, 3.05) is 38.1 Å². The summed E-state index contributed by atoms with van der Waals surface area (Å²) in [6, 6.07) is 15.2. The zero-order valence-electron chi connectivity index (χ0n) is 16.8. The number of hydrogen-bond acceptors (Lipinski definition) is 5. The Hall–Kier alpha value is -2.93. The van der Waals surface area contributed by atoms with Gasteiger partial charge in [0.15, 0.2) is 5.78 Å². The van der Waals surface area contributed by atoms with E-state index in [0.717, 1.165) is 43.0 Å². The zero-order valence-corrected chi connectivity index (χ0v) is 17.6. The fourth-order valence-electron chi connectivity index (χ4n) is 3.19. The van der Waals surface area contributed by atoms with Crippen molar-refractivity contribution < 1.29 is 14.8 Å². The van der Waals surface area contributed by atoms with Gasteiger partial charge in [-0.05, 0) is 42.5 Å². The number of ketones is 1. The molecule has 2 N–H and O–H groups in total. The van der Waals surface area contributed by atoms with E-state index < -0.39 is 5.91 Å². The molecule has 30 heavy (non-hydrogen) atoms. The number of rotatable bonds is 6. The van der Waals surface area contributed by atoms with Crippen LogP contribution >= 0.6 is 12.4 Å². The molecule has 1 fully saturated rings. The Kier molecular flexibility index (Phi) is 8.80. The van der Waals surface area contributed by atoms with E-state index in [4.69, 9.17) is 5.21 Å². The third-order valence-electron chi connectivity index (χ3n) is 4.91. The van der Waals surface area contributed by atoms with E-state index in [1.807, 2.05) is 48.5 Å². The highest BCUT2D eigenvalue weighted by Gasteiger charge is 2.18. The van der Waals surface area contributed by atoms with Crippen LogP contribution in [0.5, 0.6) is 0 Å². The lowest BCUT2D eigenvalue weighted by Crippen LogP contribution is -2.44. The number of nitrogens with one attached hydrogen (secondary N) is 1. The number of likely N-dealkylation sites (N-methyl/N-ethyl adjacent to an activating group) is 1. The first-order valence-electron chi connectivity index (χ1n) is 9.54. The Morgan fingerprint density at radius 3 is 2.07 bits per heavy atom. The van der Waals surface area contributed by atoms with Crippen LogP contribution in [0, 0.1) is 0 Å². The third-order valence-corrected chi connectivity index (χ3v) is 4.91. The Morgan fingerprint density at radius 2 is 1.47 bits per heavy atom. The molecule has 158 valence electrons. The van der Waals surface area contributed by atoms with Crippen molar-refractivity contribution >= 4 is 41.9 Å². The minimum atomic E-state index is -0.585. The van der Waals surface area contributed by atoms with Crippen molar-refractivity contribution in [2.24, 2.45) is 0 Å². The van der Waals surface area contributed by atoms with Gasteiger partial charge in [0.05, 0.1) is 0 Å². The molecule has 1 saturated heterocycles. The number of nitrogens with zero attached hydrogens (tertiary/aromatic N) is 2. The van der Waals surface area contributed by atoms with Gasteiger partial charge in [-0.2, -0.15) is 0 Å². The van der Waals surface area contributed by atoms with Crippen molar-refractivity contribution in [2.45, 2.75) is 0 Å². The molecule has 0 spiro atoms. The number of anilines is 1. The number of para-hydroxylation sites is 1. The van der Waals surface area contributed by atoms with Gasteiger partial charge in [0, 0.05) is 43.5 Å². The largest absolute Gasteiger partial charge is 0.368 e. The Morgan fingerprint density at radius 1 is 0.900 bits per heavy atom. The molecule has 1 aliphatic rings. The van der Waals surface area contributed by atoms with Crippen LogP contribution in [0.15, 0.2) is 60.7 Å². The molecule has 0 unspecified atom stereocenters. The molecule has 3 rings (SSSR count). The summed E-state index contributed by atoms with van der Waals surface area (Å²) in [6.45, 7) is 3.79. The summed E-state index contributed by atoms with van der Waals surface area (Å²) in [5, 5.41) is 8.49. The van der Waals surface area contributed by atoms with Crippen molar-refractivity contribution in [1.82, 2.24) is 10.4 Å². The quantitative estimate of drug-likeness (QED) is 0.320. The molecule has 0 saturated carbocycles. The van der Waals surface area contributed by atoms with Crippen LogP contribution in [0.2, 0.25) is 0 Å². The molecule has 7 heteroatoms. The van der Waals surface area contributed by atoms with E-state index in [0.29, 0.717) is 5.56 Å². The maximum Gasteiger partial charge on any atom is 0.267 e. The van der Waals surface area contributed by atoms with Crippen molar-refractivity contribution in [1.29, 1.82) is 0 Å². The first-order chi connectivity index (χ1) is 14.1. The molecular weight excluding hydrogens is 402 g/mol. The van der Waals surface area contributed by atoms with Gasteiger partial charge in [0.1, 0.15) is 0 Å². The topological polar surface area (TPSA) is 72.9 Å². The Labute approximate surface area is 182 Å². The predicted octanol–water partition coefficient (Wildman–Crippen LogP) is 3.27. The average molecular weight is 428 g/mol. The van der Waals surface area contributed by atoms with Crippen molar-refractivity contribution in [3.8, 4) is 0 Å². The van der Waals surface area contributed by atoms with Gasteiger partial charge < -0.3 is 9.80 Å². The number of carbonyl (C=O) groups excluding carboxylic acids is 2. The molecular formula is C23H26ClN3O3. The first-order valence-corrected chi connectivity index (χ1v) is 9.54. The molecule has 0 radical (unpaired) electrons. The van der Waals surface area contributed by atoms with Gasteiger partial charge in [-0.3, -0.25) is 14.8 Å². The fourth-order valence-corrected chi connectivity index (χ4v) is 3.19. The summed E-state index contributed by atoms with van der Waals surface area (Å²) in [4.78, 5) is 28.4. The molecule has 2 aromatic rings. The van der Waals surface area contributed by atoms with E-state index in [1.165, 1.54) is 6.08 Å². The molecule has 6 nitrogen and oxygen atoms in total. The maximum absolute atomic E-state index is 12.8. The summed E-state index contributed by atoms with van der Waals surface area (Å²) in [5.41, 5.74) is 4.95. The molecule has 0 aliphatic carbocycles. The number of amides is 1. The Balaban J connectivity index is 0.00000320. The number of benzene rings is 2. The van der Waals surface area contributed by atoms with E-state index in [2.05, 4.69) is 16.8 Å². The molecule has 1 heterocycles. The predicted molar refractivity (Wildman–Crippen MR) is 122 cm³/mol. The first kappa shape index (κ1) is 23.3. The van der Waals surface area contributed by atoms with Gasteiger partial charge >= 0.3 is 0 Å². The lowest BCUT2D eigenvalue weighted by atomic mass is 10.0. The van der Waals surface area contributed by atoms with Crippen LogP contribution in [0.4, 0.5) is 5.69 Å². The number of carbonyl (C=O) groups is 2. The average Bonchev–Trinajstić information content (AvgIpc) is 2.77. The highest BCUT2D eigenvalue weighted by atomic mass is 35.5. The standard InChI is InChI=1S/C23H25N3O3.ClH/c1-25-14-16-26(17-15-25)21-5-3-2-4-20(21)22(27)12-10-18-6-8-19(9-7-18)11-13-23(28)24-29;/h2-13,29H,14-17H2,1H3,(H,24,28);1H/b12-10+,13-11+;. The second-order valence-corrected chi connectivity index (χ2v) is 6.98.